The van der Waals surface area contributed by atoms with Gasteiger partial charge in [-0.2, -0.15) is 0 Å². The molecule has 1 atom stereocenters. The Morgan fingerprint density at radius 1 is 1.47 bits per heavy atom. The summed E-state index contributed by atoms with van der Waals surface area (Å²) in [4.78, 5) is 35.8. The van der Waals surface area contributed by atoms with Crippen LogP contribution in [0.5, 0.6) is 0 Å². The van der Waals surface area contributed by atoms with E-state index in [9.17, 15) is 14.4 Å². The number of hydrogen-bond acceptors (Lipinski definition) is 3. The normalized spacial score (nSPS) is 19.4. The number of piperidine rings is 1. The number of hydrogen-bond donors (Lipinski definition) is 2. The number of urea groups is 1. The molecular formula is C13H21N3O3. The Morgan fingerprint density at radius 3 is 2.84 bits per heavy atom. The molecule has 6 heteroatoms. The molecule has 4 amide bonds. The van der Waals surface area contributed by atoms with Gasteiger partial charge in [0.25, 0.3) is 0 Å². The molecule has 1 aliphatic heterocycles. The molecule has 0 radical (unpaired) electrons. The first kappa shape index (κ1) is 15.2. The van der Waals surface area contributed by atoms with E-state index in [0.29, 0.717) is 13.0 Å². The van der Waals surface area contributed by atoms with E-state index in [1.807, 2.05) is 12.2 Å². The van der Waals surface area contributed by atoms with Crippen LogP contribution in [0.3, 0.4) is 0 Å². The van der Waals surface area contributed by atoms with Crippen molar-refractivity contribution in [3.8, 4) is 0 Å². The van der Waals surface area contributed by atoms with Gasteiger partial charge in [0.2, 0.25) is 11.8 Å². The van der Waals surface area contributed by atoms with Crippen LogP contribution in [0.4, 0.5) is 4.79 Å². The van der Waals surface area contributed by atoms with Crippen LogP contribution in [0.15, 0.2) is 12.2 Å². The molecule has 1 aliphatic rings. The van der Waals surface area contributed by atoms with Crippen molar-refractivity contribution in [1.29, 1.82) is 0 Å². The summed E-state index contributed by atoms with van der Waals surface area (Å²) in [5, 5.41) is 4.84. The Hall–Kier alpha value is -1.85. The topological polar surface area (TPSA) is 78.5 Å². The van der Waals surface area contributed by atoms with Gasteiger partial charge in [0.1, 0.15) is 6.04 Å². The number of nitrogens with zero attached hydrogens (tertiary/aromatic N) is 1. The zero-order valence-corrected chi connectivity index (χ0v) is 11.4. The summed E-state index contributed by atoms with van der Waals surface area (Å²) in [6, 6.07) is -0.904. The zero-order chi connectivity index (χ0) is 14.3. The first-order valence-electron chi connectivity index (χ1n) is 6.55. The van der Waals surface area contributed by atoms with E-state index < -0.39 is 11.9 Å². The van der Waals surface area contributed by atoms with Crippen molar-refractivity contribution in [3.63, 3.8) is 0 Å². The molecule has 6 nitrogen and oxygen atoms in total. The minimum Gasteiger partial charge on any atom is -0.328 e. The van der Waals surface area contributed by atoms with Crippen molar-refractivity contribution in [2.24, 2.45) is 0 Å². The molecule has 0 aromatic heterocycles. The van der Waals surface area contributed by atoms with E-state index >= 15 is 0 Å². The standard InChI is InChI=1S/C13H21N3O3/c1-3-4-5-6-9-16(2)13(19)14-10-7-8-11(17)15-12(10)18/h4-5,10H,3,6-9H2,1-2H3,(H,14,19)(H,15,17,18)/b5-4-. The smallest absolute Gasteiger partial charge is 0.317 e. The third kappa shape index (κ3) is 5.11. The lowest BCUT2D eigenvalue weighted by atomic mass is 10.1. The van der Waals surface area contributed by atoms with Crippen molar-refractivity contribution >= 4 is 17.8 Å². The van der Waals surface area contributed by atoms with E-state index in [2.05, 4.69) is 17.6 Å². The second-order valence-corrected chi connectivity index (χ2v) is 4.54. The second-order valence-electron chi connectivity index (χ2n) is 4.54. The zero-order valence-electron chi connectivity index (χ0n) is 11.4. The number of rotatable bonds is 5. The SMILES string of the molecule is CC/C=C\CCN(C)C(=O)NC1CCC(=O)NC1=O. The molecule has 1 unspecified atom stereocenters. The Morgan fingerprint density at radius 2 is 2.21 bits per heavy atom. The van der Waals surface area contributed by atoms with Crippen molar-refractivity contribution in [3.05, 3.63) is 12.2 Å². The molecule has 0 aromatic carbocycles. The Bertz CT molecular complexity index is 379. The largest absolute Gasteiger partial charge is 0.328 e. The van der Waals surface area contributed by atoms with Crippen LogP contribution in [0.25, 0.3) is 0 Å². The first-order valence-corrected chi connectivity index (χ1v) is 6.55. The van der Waals surface area contributed by atoms with E-state index in [1.54, 1.807) is 7.05 Å². The van der Waals surface area contributed by atoms with Crippen LogP contribution >= 0.6 is 0 Å². The number of imide groups is 1. The molecule has 106 valence electrons. The van der Waals surface area contributed by atoms with Gasteiger partial charge in [-0.25, -0.2) is 4.79 Å². The lowest BCUT2D eigenvalue weighted by Gasteiger charge is -2.25. The summed E-state index contributed by atoms with van der Waals surface area (Å²) in [5.74, 6) is -0.711. The number of allylic oxidation sites excluding steroid dienone is 1. The maximum atomic E-state index is 11.8. The van der Waals surface area contributed by atoms with E-state index in [0.717, 1.165) is 12.8 Å². The van der Waals surface area contributed by atoms with Gasteiger partial charge in [0.15, 0.2) is 0 Å². The van der Waals surface area contributed by atoms with Gasteiger partial charge < -0.3 is 10.2 Å². The molecule has 1 fully saturated rings. The van der Waals surface area contributed by atoms with Gasteiger partial charge in [-0.15, -0.1) is 0 Å². The molecule has 0 bridgehead atoms. The highest BCUT2D eigenvalue weighted by Gasteiger charge is 2.28. The highest BCUT2D eigenvalue weighted by atomic mass is 16.2. The van der Waals surface area contributed by atoms with E-state index in [-0.39, 0.29) is 18.4 Å². The van der Waals surface area contributed by atoms with Crippen LogP contribution in [0, 0.1) is 0 Å². The first-order chi connectivity index (χ1) is 9.04. The molecule has 19 heavy (non-hydrogen) atoms. The van der Waals surface area contributed by atoms with Gasteiger partial charge in [0, 0.05) is 20.0 Å². The molecule has 0 aromatic rings. The third-order valence-electron chi connectivity index (χ3n) is 2.92. The van der Waals surface area contributed by atoms with Crippen LogP contribution < -0.4 is 10.6 Å². The lowest BCUT2D eigenvalue weighted by Crippen LogP contribution is -2.54. The van der Waals surface area contributed by atoms with E-state index in [1.165, 1.54) is 4.90 Å². The molecule has 1 saturated heterocycles. The third-order valence-corrected chi connectivity index (χ3v) is 2.92. The average molecular weight is 267 g/mol. The number of carbonyl (C=O) groups is 3. The fraction of sp³-hybridized carbons (Fsp3) is 0.615. The molecule has 0 spiro atoms. The fourth-order valence-electron chi connectivity index (χ4n) is 1.74. The minimum atomic E-state index is -0.612. The van der Waals surface area contributed by atoms with Crippen LogP contribution in [0.1, 0.15) is 32.6 Å². The summed E-state index contributed by atoms with van der Waals surface area (Å²) in [6.07, 6.45) is 6.46. The monoisotopic (exact) mass is 267 g/mol. The Kier molecular flexibility index (Phi) is 6.05. The highest BCUT2D eigenvalue weighted by Crippen LogP contribution is 2.05. The number of amides is 4. The quantitative estimate of drug-likeness (QED) is 0.571. The molecule has 1 rings (SSSR count). The summed E-state index contributed by atoms with van der Waals surface area (Å²) in [7, 11) is 1.68. The predicted octanol–water partition coefficient (Wildman–Crippen LogP) is 0.789. The molecule has 2 N–H and O–H groups in total. The van der Waals surface area contributed by atoms with Crippen LogP contribution in [0.2, 0.25) is 0 Å². The van der Waals surface area contributed by atoms with Gasteiger partial charge >= 0.3 is 6.03 Å². The molecular weight excluding hydrogens is 246 g/mol. The summed E-state index contributed by atoms with van der Waals surface area (Å²) in [6.45, 7) is 2.64. The Balaban J connectivity index is 2.35. The average Bonchev–Trinajstić information content (AvgIpc) is 2.37. The minimum absolute atomic E-state index is 0.264. The van der Waals surface area contributed by atoms with Crippen molar-refractivity contribution < 1.29 is 14.4 Å². The lowest BCUT2D eigenvalue weighted by molar-refractivity contribution is -0.134. The molecule has 1 heterocycles. The molecule has 0 saturated carbocycles. The maximum absolute atomic E-state index is 11.8. The summed E-state index contributed by atoms with van der Waals surface area (Å²) >= 11 is 0. The highest BCUT2D eigenvalue weighted by molar-refractivity contribution is 6.01. The Labute approximate surface area is 113 Å². The van der Waals surface area contributed by atoms with Gasteiger partial charge in [-0.05, 0) is 19.3 Å². The summed E-state index contributed by atoms with van der Waals surface area (Å²) < 4.78 is 0. The van der Waals surface area contributed by atoms with Gasteiger partial charge in [-0.1, -0.05) is 19.1 Å². The fourth-order valence-corrected chi connectivity index (χ4v) is 1.74. The van der Waals surface area contributed by atoms with Crippen LogP contribution in [-0.2, 0) is 9.59 Å². The van der Waals surface area contributed by atoms with E-state index in [4.69, 9.17) is 0 Å². The van der Waals surface area contributed by atoms with Gasteiger partial charge in [-0.3, -0.25) is 14.9 Å². The maximum Gasteiger partial charge on any atom is 0.317 e. The second kappa shape index (κ2) is 7.56. The van der Waals surface area contributed by atoms with Gasteiger partial charge in [0.05, 0.1) is 0 Å². The summed E-state index contributed by atoms with van der Waals surface area (Å²) in [5.41, 5.74) is 0. The molecule has 0 aliphatic carbocycles. The number of carbonyl (C=O) groups excluding carboxylic acids is 3. The number of nitrogens with one attached hydrogen (secondary N) is 2. The van der Waals surface area contributed by atoms with Crippen molar-refractivity contribution in [1.82, 2.24) is 15.5 Å². The van der Waals surface area contributed by atoms with Crippen molar-refractivity contribution in [2.75, 3.05) is 13.6 Å². The predicted molar refractivity (Wildman–Crippen MR) is 71.4 cm³/mol. The van der Waals surface area contributed by atoms with Crippen LogP contribution in [-0.4, -0.2) is 42.4 Å². The van der Waals surface area contributed by atoms with Crippen molar-refractivity contribution in [2.45, 2.75) is 38.6 Å².